The number of rotatable bonds is 6. The van der Waals surface area contributed by atoms with Crippen LogP contribution in [0, 0.1) is 12.3 Å². The zero-order valence-electron chi connectivity index (χ0n) is 20.6. The second-order valence-corrected chi connectivity index (χ2v) is 10.5. The van der Waals surface area contributed by atoms with E-state index in [1.54, 1.807) is 0 Å². The maximum Gasteiger partial charge on any atom is 0.277 e. The molecule has 2 aromatic carbocycles. The van der Waals surface area contributed by atoms with Gasteiger partial charge in [0.15, 0.2) is 0 Å². The molecule has 0 unspecified atom stereocenters. The molecule has 2 heterocycles. The topological polar surface area (TPSA) is 91.6 Å². The van der Waals surface area contributed by atoms with Crippen molar-refractivity contribution in [3.8, 4) is 11.5 Å². The molecule has 1 N–H and O–H groups in total. The summed E-state index contributed by atoms with van der Waals surface area (Å²) in [5.41, 5.74) is 3.39. The van der Waals surface area contributed by atoms with Gasteiger partial charge in [-0.1, -0.05) is 50.7 Å². The van der Waals surface area contributed by atoms with Crippen LogP contribution in [0.5, 0.6) is 0 Å². The third kappa shape index (κ3) is 6.22. The van der Waals surface area contributed by atoms with E-state index in [4.69, 9.17) is 4.42 Å². The molecule has 184 valence electrons. The zero-order valence-corrected chi connectivity index (χ0v) is 21.4. The van der Waals surface area contributed by atoms with Gasteiger partial charge in [0, 0.05) is 48.5 Å². The quantitative estimate of drug-likeness (QED) is 0.507. The SMILES string of the molecule is Cc1ccccc1-c1nnc(SCC(=O)Nc2ccc(N3CCN(C(=O)C(C)(C)C)CC3)cc2)o1. The summed E-state index contributed by atoms with van der Waals surface area (Å²) < 4.78 is 5.71. The first kappa shape index (κ1) is 24.8. The van der Waals surface area contributed by atoms with Crippen LogP contribution >= 0.6 is 11.8 Å². The number of nitrogens with zero attached hydrogens (tertiary/aromatic N) is 4. The highest BCUT2D eigenvalue weighted by Gasteiger charge is 2.29. The van der Waals surface area contributed by atoms with Crippen molar-refractivity contribution in [1.82, 2.24) is 15.1 Å². The first-order valence-corrected chi connectivity index (χ1v) is 12.7. The average Bonchev–Trinajstić information content (AvgIpc) is 3.31. The van der Waals surface area contributed by atoms with Crippen LogP contribution in [0.25, 0.3) is 11.5 Å². The molecule has 1 saturated heterocycles. The third-order valence-electron chi connectivity index (χ3n) is 5.83. The molecule has 1 aromatic heterocycles. The molecule has 35 heavy (non-hydrogen) atoms. The van der Waals surface area contributed by atoms with Crippen molar-refractivity contribution >= 4 is 35.0 Å². The molecule has 3 aromatic rings. The minimum Gasteiger partial charge on any atom is -0.411 e. The summed E-state index contributed by atoms with van der Waals surface area (Å²) in [6.45, 7) is 10.9. The van der Waals surface area contributed by atoms with Gasteiger partial charge in [0.1, 0.15) is 0 Å². The number of aryl methyl sites for hydroxylation is 1. The number of hydrogen-bond acceptors (Lipinski definition) is 7. The Morgan fingerprint density at radius 2 is 1.69 bits per heavy atom. The van der Waals surface area contributed by atoms with Crippen molar-refractivity contribution in [2.75, 3.05) is 42.1 Å². The Hall–Kier alpha value is -3.33. The van der Waals surface area contributed by atoms with Gasteiger partial charge in [-0.25, -0.2) is 0 Å². The van der Waals surface area contributed by atoms with E-state index in [0.29, 0.717) is 24.2 Å². The first-order valence-electron chi connectivity index (χ1n) is 11.7. The number of carbonyl (C=O) groups excluding carboxylic acids is 2. The van der Waals surface area contributed by atoms with Gasteiger partial charge in [0.2, 0.25) is 17.7 Å². The summed E-state index contributed by atoms with van der Waals surface area (Å²) >= 11 is 1.21. The molecule has 4 rings (SSSR count). The lowest BCUT2D eigenvalue weighted by Gasteiger charge is -2.38. The van der Waals surface area contributed by atoms with Gasteiger partial charge in [-0.2, -0.15) is 0 Å². The summed E-state index contributed by atoms with van der Waals surface area (Å²) in [6, 6.07) is 15.6. The van der Waals surface area contributed by atoms with Crippen molar-refractivity contribution in [2.24, 2.45) is 5.41 Å². The van der Waals surface area contributed by atoms with E-state index in [0.717, 1.165) is 35.6 Å². The van der Waals surface area contributed by atoms with Crippen LogP contribution in [0.3, 0.4) is 0 Å². The fourth-order valence-electron chi connectivity index (χ4n) is 3.91. The highest BCUT2D eigenvalue weighted by Crippen LogP contribution is 2.26. The molecule has 0 saturated carbocycles. The maximum absolute atomic E-state index is 12.5. The molecule has 0 bridgehead atoms. The lowest BCUT2D eigenvalue weighted by Crippen LogP contribution is -2.51. The predicted molar refractivity (Wildman–Crippen MR) is 139 cm³/mol. The van der Waals surface area contributed by atoms with Crippen LogP contribution in [-0.4, -0.2) is 58.8 Å². The monoisotopic (exact) mass is 493 g/mol. The van der Waals surface area contributed by atoms with E-state index >= 15 is 0 Å². The van der Waals surface area contributed by atoms with Gasteiger partial charge in [0.25, 0.3) is 5.22 Å². The normalized spacial score (nSPS) is 14.2. The van der Waals surface area contributed by atoms with Crippen molar-refractivity contribution < 1.29 is 14.0 Å². The van der Waals surface area contributed by atoms with Gasteiger partial charge in [-0.05, 0) is 42.8 Å². The molecule has 0 spiro atoms. The molecule has 9 heteroatoms. The molecule has 2 amide bonds. The fourth-order valence-corrected chi connectivity index (χ4v) is 4.47. The lowest BCUT2D eigenvalue weighted by molar-refractivity contribution is -0.139. The van der Waals surface area contributed by atoms with E-state index in [9.17, 15) is 9.59 Å². The summed E-state index contributed by atoms with van der Waals surface area (Å²) in [5.74, 6) is 0.666. The minimum atomic E-state index is -0.354. The van der Waals surface area contributed by atoms with E-state index in [-0.39, 0.29) is 23.0 Å². The molecule has 0 aliphatic carbocycles. The van der Waals surface area contributed by atoms with Crippen LogP contribution in [0.1, 0.15) is 26.3 Å². The fraction of sp³-hybridized carbons (Fsp3) is 0.385. The summed E-state index contributed by atoms with van der Waals surface area (Å²) in [4.78, 5) is 29.1. The van der Waals surface area contributed by atoms with Crippen molar-refractivity contribution in [3.63, 3.8) is 0 Å². The lowest BCUT2D eigenvalue weighted by atomic mass is 9.94. The number of aromatic nitrogens is 2. The molecular formula is C26H31N5O3S. The Morgan fingerprint density at radius 3 is 2.34 bits per heavy atom. The number of thioether (sulfide) groups is 1. The second kappa shape index (κ2) is 10.5. The van der Waals surface area contributed by atoms with E-state index < -0.39 is 0 Å². The second-order valence-electron chi connectivity index (χ2n) is 9.60. The number of amides is 2. The number of piperazine rings is 1. The first-order chi connectivity index (χ1) is 16.7. The van der Waals surface area contributed by atoms with Crippen molar-refractivity contribution in [2.45, 2.75) is 32.9 Å². The van der Waals surface area contributed by atoms with Gasteiger partial charge in [-0.3, -0.25) is 9.59 Å². The largest absolute Gasteiger partial charge is 0.411 e. The predicted octanol–water partition coefficient (Wildman–Crippen LogP) is 4.47. The maximum atomic E-state index is 12.5. The Morgan fingerprint density at radius 1 is 1.00 bits per heavy atom. The number of carbonyl (C=O) groups is 2. The molecular weight excluding hydrogens is 462 g/mol. The number of nitrogens with one attached hydrogen (secondary N) is 1. The molecule has 1 fully saturated rings. The van der Waals surface area contributed by atoms with Gasteiger partial charge >= 0.3 is 0 Å². The highest BCUT2D eigenvalue weighted by molar-refractivity contribution is 7.99. The van der Waals surface area contributed by atoms with Crippen LogP contribution in [0.15, 0.2) is 58.2 Å². The zero-order chi connectivity index (χ0) is 25.0. The number of benzene rings is 2. The number of hydrogen-bond donors (Lipinski definition) is 1. The molecule has 1 aliphatic rings. The van der Waals surface area contributed by atoms with Crippen LogP contribution in [-0.2, 0) is 9.59 Å². The molecule has 8 nitrogen and oxygen atoms in total. The van der Waals surface area contributed by atoms with Gasteiger partial charge < -0.3 is 19.5 Å². The smallest absolute Gasteiger partial charge is 0.277 e. The van der Waals surface area contributed by atoms with Gasteiger partial charge in [-0.15, -0.1) is 10.2 Å². The average molecular weight is 494 g/mol. The summed E-state index contributed by atoms with van der Waals surface area (Å²) in [5, 5.41) is 11.4. The van der Waals surface area contributed by atoms with Crippen molar-refractivity contribution in [1.29, 1.82) is 0 Å². The van der Waals surface area contributed by atoms with E-state index in [1.165, 1.54) is 11.8 Å². The molecule has 0 radical (unpaired) electrons. The van der Waals surface area contributed by atoms with Crippen LogP contribution in [0.4, 0.5) is 11.4 Å². The Labute approximate surface area is 210 Å². The Bertz CT molecular complexity index is 1180. The minimum absolute atomic E-state index is 0.146. The Kier molecular flexibility index (Phi) is 7.45. The van der Waals surface area contributed by atoms with Crippen LogP contribution < -0.4 is 10.2 Å². The van der Waals surface area contributed by atoms with E-state index in [1.807, 2.05) is 81.1 Å². The van der Waals surface area contributed by atoms with Crippen molar-refractivity contribution in [3.05, 3.63) is 54.1 Å². The highest BCUT2D eigenvalue weighted by atomic mass is 32.2. The standard InChI is InChI=1S/C26H31N5O3S/c1-18-7-5-6-8-21(18)23-28-29-25(34-23)35-17-22(32)27-19-9-11-20(12-10-19)30-13-15-31(16-14-30)24(33)26(2,3)4/h5-12H,13-17H2,1-4H3,(H,27,32). The molecule has 1 aliphatic heterocycles. The summed E-state index contributed by atoms with van der Waals surface area (Å²) in [6.07, 6.45) is 0. The van der Waals surface area contributed by atoms with Gasteiger partial charge in [0.05, 0.1) is 5.75 Å². The third-order valence-corrected chi connectivity index (χ3v) is 6.65. The summed E-state index contributed by atoms with van der Waals surface area (Å²) in [7, 11) is 0. The Balaban J connectivity index is 1.25. The molecule has 0 atom stereocenters. The number of anilines is 2. The van der Waals surface area contributed by atoms with E-state index in [2.05, 4.69) is 20.4 Å². The van der Waals surface area contributed by atoms with Crippen LogP contribution in [0.2, 0.25) is 0 Å².